The van der Waals surface area contributed by atoms with Gasteiger partial charge in [0.25, 0.3) is 5.91 Å². The number of hydrogen-bond donors (Lipinski definition) is 3. The molecule has 4 N–H and O–H groups in total. The molecule has 1 amide bonds. The number of aromatic nitrogens is 1. The lowest BCUT2D eigenvalue weighted by Crippen LogP contribution is -2.43. The molecule has 0 spiro atoms. The van der Waals surface area contributed by atoms with Crippen LogP contribution in [0.15, 0.2) is 66.9 Å². The maximum absolute atomic E-state index is 13.3. The molecule has 0 fully saturated rings. The normalized spacial score (nSPS) is 12.8. The van der Waals surface area contributed by atoms with Crippen molar-refractivity contribution < 1.29 is 59.7 Å². The van der Waals surface area contributed by atoms with Crippen LogP contribution in [0.5, 0.6) is 11.5 Å². The number of carbonyl (C=O) groups excluding carboxylic acids is 3. The van der Waals surface area contributed by atoms with Crippen molar-refractivity contribution >= 4 is 40.1 Å². The summed E-state index contributed by atoms with van der Waals surface area (Å²) in [5, 5.41) is 6.55. The first-order valence-electron chi connectivity index (χ1n) is 16.3. The van der Waals surface area contributed by atoms with E-state index in [0.717, 1.165) is 0 Å². The molecule has 0 aliphatic heterocycles. The Morgan fingerprint density at radius 1 is 0.849 bits per heavy atom. The molecule has 3 aromatic carbocycles. The molecule has 4 aromatic rings. The summed E-state index contributed by atoms with van der Waals surface area (Å²) >= 11 is 0. The Kier molecular flexibility index (Phi) is 13.1. The van der Waals surface area contributed by atoms with Gasteiger partial charge in [-0.25, -0.2) is 9.59 Å². The van der Waals surface area contributed by atoms with Gasteiger partial charge in [-0.05, 0) is 49.1 Å². The van der Waals surface area contributed by atoms with Crippen molar-refractivity contribution in [2.45, 2.75) is 58.2 Å². The molecule has 1 heterocycles. The Bertz CT molecular complexity index is 1920. The molecule has 0 unspecified atom stereocenters. The summed E-state index contributed by atoms with van der Waals surface area (Å²) in [4.78, 5) is 40.6. The third-order valence-corrected chi connectivity index (χ3v) is 7.82. The summed E-state index contributed by atoms with van der Waals surface area (Å²) in [5.74, 6) is -5.16. The Morgan fingerprint density at radius 2 is 1.49 bits per heavy atom. The summed E-state index contributed by atoms with van der Waals surface area (Å²) in [6, 6.07) is 13.7. The predicted molar refractivity (Wildman–Crippen MR) is 181 cm³/mol. The van der Waals surface area contributed by atoms with Gasteiger partial charge in [0.15, 0.2) is 11.5 Å². The number of ether oxygens (including phenoxy) is 4. The third-order valence-electron chi connectivity index (χ3n) is 7.82. The number of alkyl halides is 6. The predicted octanol–water partition coefficient (Wildman–Crippen LogP) is 6.85. The first-order valence-corrected chi connectivity index (χ1v) is 16.3. The fraction of sp³-hybridized carbons (Fsp3) is 0.333. The number of halogens is 6. The number of rotatable bonds is 16. The average molecular weight is 751 g/mol. The average Bonchev–Trinajstić information content (AvgIpc) is 3.10. The van der Waals surface area contributed by atoms with Gasteiger partial charge in [0, 0.05) is 29.9 Å². The van der Waals surface area contributed by atoms with Crippen molar-refractivity contribution in [3.63, 3.8) is 0 Å². The molecule has 1 aromatic heterocycles. The van der Waals surface area contributed by atoms with Gasteiger partial charge in [0.05, 0.1) is 36.0 Å². The number of nitrogens with two attached hydrogens (primary N) is 1. The number of amides is 1. The van der Waals surface area contributed by atoms with Gasteiger partial charge in [-0.3, -0.25) is 9.78 Å². The summed E-state index contributed by atoms with van der Waals surface area (Å²) in [5.41, 5.74) is 8.07. The van der Waals surface area contributed by atoms with Crippen LogP contribution >= 0.6 is 0 Å². The van der Waals surface area contributed by atoms with Crippen molar-refractivity contribution in [3.8, 4) is 11.5 Å². The Balaban J connectivity index is 1.75. The van der Waals surface area contributed by atoms with Crippen LogP contribution in [0.1, 0.15) is 53.9 Å². The number of primary amides is 1. The molecule has 17 heteroatoms. The maximum Gasteiger partial charge on any atom is 0.490 e. The van der Waals surface area contributed by atoms with Crippen molar-refractivity contribution in [2.24, 2.45) is 5.73 Å². The molecular weight excluding hydrogens is 714 g/mol. The van der Waals surface area contributed by atoms with E-state index in [1.165, 1.54) is 36.5 Å². The second-order valence-electron chi connectivity index (χ2n) is 11.3. The fourth-order valence-corrected chi connectivity index (χ4v) is 5.48. The number of anilines is 2. The minimum Gasteiger partial charge on any atom is -0.490 e. The SMILES string of the molecule is CCOc1cc2ncc(C(N)=O)c(Nc3cccc(CN[C@@H](COC(=O)C(F)(F)F)[C@@H](OC(=O)C(F)(F)F)c4ccccc4)c3CC)c2cc1OCC. The monoisotopic (exact) mass is 750 g/mol. The highest BCUT2D eigenvalue weighted by atomic mass is 19.4. The molecule has 284 valence electrons. The number of esters is 2. The van der Waals surface area contributed by atoms with Crippen LogP contribution in [0.3, 0.4) is 0 Å². The summed E-state index contributed by atoms with van der Waals surface area (Å²) in [6.45, 7) is 4.70. The van der Waals surface area contributed by atoms with Crippen molar-refractivity contribution in [2.75, 3.05) is 25.1 Å². The summed E-state index contributed by atoms with van der Waals surface area (Å²) in [7, 11) is 0. The number of pyridine rings is 1. The summed E-state index contributed by atoms with van der Waals surface area (Å²) in [6.07, 6.45) is -11.0. The first-order chi connectivity index (χ1) is 25.1. The molecule has 2 atom stereocenters. The third kappa shape index (κ3) is 10.1. The molecule has 53 heavy (non-hydrogen) atoms. The van der Waals surface area contributed by atoms with Gasteiger partial charge >= 0.3 is 24.3 Å². The Labute approximate surface area is 299 Å². The smallest absolute Gasteiger partial charge is 0.490 e. The Hall–Kier alpha value is -5.58. The number of fused-ring (bicyclic) bond motifs is 1. The van der Waals surface area contributed by atoms with Gasteiger partial charge in [0.1, 0.15) is 12.7 Å². The second kappa shape index (κ2) is 17.3. The van der Waals surface area contributed by atoms with Crippen LogP contribution in [-0.2, 0) is 32.0 Å². The van der Waals surface area contributed by atoms with Crippen molar-refractivity contribution in [1.29, 1.82) is 0 Å². The van der Waals surface area contributed by atoms with E-state index in [1.807, 2.05) is 0 Å². The minimum atomic E-state index is -5.44. The molecule has 4 rings (SSSR count). The van der Waals surface area contributed by atoms with Crippen LogP contribution in [0.25, 0.3) is 10.9 Å². The van der Waals surface area contributed by atoms with Gasteiger partial charge in [-0.2, -0.15) is 26.3 Å². The zero-order chi connectivity index (χ0) is 38.9. The van der Waals surface area contributed by atoms with Crippen LogP contribution < -0.4 is 25.8 Å². The van der Waals surface area contributed by atoms with E-state index >= 15 is 0 Å². The number of carbonyl (C=O) groups is 3. The molecule has 0 aliphatic carbocycles. The quantitative estimate of drug-likeness (QED) is 0.0820. The zero-order valence-electron chi connectivity index (χ0n) is 28.7. The van der Waals surface area contributed by atoms with E-state index in [9.17, 15) is 40.7 Å². The highest BCUT2D eigenvalue weighted by Crippen LogP contribution is 2.38. The fourth-order valence-electron chi connectivity index (χ4n) is 5.48. The van der Waals surface area contributed by atoms with Crippen molar-refractivity contribution in [1.82, 2.24) is 10.3 Å². The first kappa shape index (κ1) is 40.2. The topological polar surface area (TPSA) is 151 Å². The van der Waals surface area contributed by atoms with Crippen LogP contribution in [0.2, 0.25) is 0 Å². The number of nitrogens with one attached hydrogen (secondary N) is 2. The van der Waals surface area contributed by atoms with Crippen LogP contribution in [0, 0.1) is 0 Å². The highest BCUT2D eigenvalue weighted by Gasteiger charge is 2.45. The largest absolute Gasteiger partial charge is 0.490 e. The minimum absolute atomic E-state index is 0.0146. The highest BCUT2D eigenvalue weighted by molar-refractivity contribution is 6.08. The van der Waals surface area contributed by atoms with E-state index in [0.29, 0.717) is 58.9 Å². The Morgan fingerprint density at radius 3 is 2.08 bits per heavy atom. The standard InChI is InChI=1S/C36H36F6N4O7/c1-4-22-21(17-44-27(19-52-33(48)35(37,38)39)31(20-11-8-7-9-12-20)53-34(49)36(40,41)42)13-10-14-25(22)46-30-23-15-28(50-5-2)29(51-6-3)16-26(23)45-18-24(30)32(43)47/h7-16,18,27,31,44H,4-6,17,19H2,1-3H3,(H2,43,47)(H,45,46)/t27-,31-/m0/s1. The molecule has 11 nitrogen and oxygen atoms in total. The van der Waals surface area contributed by atoms with E-state index in [-0.39, 0.29) is 23.4 Å². The maximum atomic E-state index is 13.3. The molecule has 0 saturated carbocycles. The number of nitrogens with zero attached hydrogens (tertiary/aromatic N) is 1. The molecule has 0 aliphatic rings. The van der Waals surface area contributed by atoms with E-state index in [2.05, 4.69) is 20.4 Å². The zero-order valence-corrected chi connectivity index (χ0v) is 28.7. The lowest BCUT2D eigenvalue weighted by molar-refractivity contribution is -0.210. The number of hydrogen-bond acceptors (Lipinski definition) is 10. The van der Waals surface area contributed by atoms with Gasteiger partial charge in [0.2, 0.25) is 0 Å². The molecule has 0 saturated heterocycles. The van der Waals surface area contributed by atoms with E-state index in [4.69, 9.17) is 19.9 Å². The number of benzene rings is 3. The summed E-state index contributed by atoms with van der Waals surface area (Å²) < 4.78 is 99.9. The van der Waals surface area contributed by atoms with Crippen LogP contribution in [-0.4, -0.2) is 61.0 Å². The van der Waals surface area contributed by atoms with Crippen molar-refractivity contribution in [3.05, 3.63) is 89.1 Å². The molecule has 0 bridgehead atoms. The molecule has 0 radical (unpaired) electrons. The van der Waals surface area contributed by atoms with Gasteiger partial charge in [-0.1, -0.05) is 49.4 Å². The van der Waals surface area contributed by atoms with E-state index in [1.54, 1.807) is 51.1 Å². The van der Waals surface area contributed by atoms with Gasteiger partial charge < -0.3 is 35.3 Å². The van der Waals surface area contributed by atoms with Gasteiger partial charge in [-0.15, -0.1) is 0 Å². The van der Waals surface area contributed by atoms with Crippen LogP contribution in [0.4, 0.5) is 37.7 Å². The lowest BCUT2D eigenvalue weighted by Gasteiger charge is -2.29. The lowest BCUT2D eigenvalue weighted by atomic mass is 9.99. The molecular formula is C36H36F6N4O7. The van der Waals surface area contributed by atoms with E-state index < -0.39 is 49.0 Å². The second-order valence-corrected chi connectivity index (χ2v) is 11.3.